The van der Waals surface area contributed by atoms with E-state index in [1.807, 2.05) is 0 Å². The van der Waals surface area contributed by atoms with Gasteiger partial charge < -0.3 is 50.0 Å². The number of terminal acetylenes is 1. The molecule has 238 valence electrons. The molecule has 1 aliphatic rings. The van der Waals surface area contributed by atoms with Crippen LogP contribution in [0.3, 0.4) is 0 Å². The number of aliphatic hydroxyl groups excluding tert-OH is 4. The normalized spacial score (nSPS) is 22.6. The Morgan fingerprint density at radius 1 is 1.16 bits per heavy atom. The molecule has 0 bridgehead atoms. The number of amides is 2. The summed E-state index contributed by atoms with van der Waals surface area (Å²) in [6.07, 6.45) is -2.58. The molecule has 2 aromatic rings. The lowest BCUT2D eigenvalue weighted by atomic mass is 9.88. The van der Waals surface area contributed by atoms with Gasteiger partial charge in [-0.1, -0.05) is 30.2 Å². The van der Waals surface area contributed by atoms with E-state index in [-0.39, 0.29) is 19.6 Å². The number of methoxy groups -OCH3 is 1. The summed E-state index contributed by atoms with van der Waals surface area (Å²) in [5.74, 6) is -2.62. The Balaban J connectivity index is 1.78. The van der Waals surface area contributed by atoms with Gasteiger partial charge in [0.1, 0.15) is 37.0 Å². The van der Waals surface area contributed by atoms with Gasteiger partial charge in [-0.3, -0.25) is 9.59 Å². The number of esters is 1. The smallest absolute Gasteiger partial charge is 0.366 e. The molecule has 0 saturated carbocycles. The summed E-state index contributed by atoms with van der Waals surface area (Å²) in [5, 5.41) is 46.8. The SMILES string of the molecule is C#CCOc1ccc(CO[C@]2(C(=O)OC)C[C@H](O)[C@@H](NC(=O)CO)[C@H]([C@H](O)[C@H](O)CNC(=O)Cc3cccc(F)c3)O2)cc1. The average molecular weight is 619 g/mol. The summed E-state index contributed by atoms with van der Waals surface area (Å²) >= 11 is 0. The van der Waals surface area contributed by atoms with Crippen LogP contribution in [-0.2, 0) is 41.6 Å². The number of aliphatic hydroxyl groups is 4. The predicted octanol–water partition coefficient (Wildman–Crippen LogP) is -1.07. The highest BCUT2D eigenvalue weighted by atomic mass is 19.1. The summed E-state index contributed by atoms with van der Waals surface area (Å²) in [5.41, 5.74) is 0.922. The second kappa shape index (κ2) is 16.1. The van der Waals surface area contributed by atoms with Crippen molar-refractivity contribution in [3.05, 3.63) is 65.5 Å². The van der Waals surface area contributed by atoms with E-state index in [4.69, 9.17) is 25.4 Å². The van der Waals surface area contributed by atoms with E-state index in [1.165, 1.54) is 24.3 Å². The molecule has 0 unspecified atom stereocenters. The van der Waals surface area contributed by atoms with E-state index in [0.717, 1.165) is 7.11 Å². The van der Waals surface area contributed by atoms with E-state index in [9.17, 15) is 39.2 Å². The third-order valence-corrected chi connectivity index (χ3v) is 6.75. The third-order valence-electron chi connectivity index (χ3n) is 6.75. The van der Waals surface area contributed by atoms with Crippen molar-refractivity contribution in [1.82, 2.24) is 10.6 Å². The summed E-state index contributed by atoms with van der Waals surface area (Å²) in [6.45, 7) is -1.67. The number of hydrogen-bond donors (Lipinski definition) is 6. The molecule has 3 rings (SSSR count). The predicted molar refractivity (Wildman–Crippen MR) is 150 cm³/mol. The summed E-state index contributed by atoms with van der Waals surface area (Å²) in [7, 11) is 1.05. The zero-order valence-electron chi connectivity index (χ0n) is 23.9. The van der Waals surface area contributed by atoms with E-state index in [1.54, 1.807) is 24.3 Å². The lowest BCUT2D eigenvalue weighted by molar-refractivity contribution is -0.315. The fourth-order valence-electron chi connectivity index (χ4n) is 4.55. The number of benzene rings is 2. The van der Waals surface area contributed by atoms with Crippen LogP contribution in [0.1, 0.15) is 17.5 Å². The van der Waals surface area contributed by atoms with Crippen LogP contribution in [0.25, 0.3) is 0 Å². The van der Waals surface area contributed by atoms with E-state index < -0.39 is 79.4 Å². The van der Waals surface area contributed by atoms with Gasteiger partial charge in [-0.25, -0.2) is 9.18 Å². The van der Waals surface area contributed by atoms with Gasteiger partial charge >= 0.3 is 5.97 Å². The van der Waals surface area contributed by atoms with Crippen molar-refractivity contribution in [2.24, 2.45) is 0 Å². The maximum atomic E-state index is 13.4. The van der Waals surface area contributed by atoms with Crippen LogP contribution in [-0.4, -0.2) is 101 Å². The van der Waals surface area contributed by atoms with Crippen molar-refractivity contribution in [2.45, 2.75) is 55.7 Å². The highest BCUT2D eigenvalue weighted by molar-refractivity contribution is 5.79. The van der Waals surface area contributed by atoms with Gasteiger partial charge in [0.15, 0.2) is 0 Å². The van der Waals surface area contributed by atoms with Crippen LogP contribution in [0.2, 0.25) is 0 Å². The zero-order valence-corrected chi connectivity index (χ0v) is 23.9. The Morgan fingerprint density at radius 2 is 1.89 bits per heavy atom. The molecule has 6 N–H and O–H groups in total. The molecule has 1 saturated heterocycles. The average Bonchev–Trinajstić information content (AvgIpc) is 3.02. The van der Waals surface area contributed by atoms with Gasteiger partial charge in [-0.05, 0) is 35.4 Å². The van der Waals surface area contributed by atoms with Crippen LogP contribution in [0.4, 0.5) is 4.39 Å². The van der Waals surface area contributed by atoms with Crippen LogP contribution in [0.5, 0.6) is 5.75 Å². The maximum absolute atomic E-state index is 13.4. The van der Waals surface area contributed by atoms with Crippen molar-refractivity contribution < 1.29 is 58.1 Å². The molecule has 1 heterocycles. The van der Waals surface area contributed by atoms with Crippen LogP contribution in [0, 0.1) is 18.2 Å². The molecule has 6 atom stereocenters. The van der Waals surface area contributed by atoms with Gasteiger partial charge in [-0.15, -0.1) is 6.42 Å². The Kier molecular flexibility index (Phi) is 12.6. The third kappa shape index (κ3) is 9.20. The zero-order chi connectivity index (χ0) is 32.3. The summed E-state index contributed by atoms with van der Waals surface area (Å²) in [6, 6.07) is 10.4. The van der Waals surface area contributed by atoms with E-state index in [0.29, 0.717) is 16.9 Å². The number of hydrogen-bond acceptors (Lipinski definition) is 11. The first-order valence-corrected chi connectivity index (χ1v) is 13.5. The molecule has 13 nitrogen and oxygen atoms in total. The Bertz CT molecular complexity index is 1320. The summed E-state index contributed by atoms with van der Waals surface area (Å²) in [4.78, 5) is 37.4. The minimum absolute atomic E-state index is 0.0628. The highest BCUT2D eigenvalue weighted by Gasteiger charge is 2.56. The molecule has 0 spiro atoms. The molecule has 44 heavy (non-hydrogen) atoms. The first-order chi connectivity index (χ1) is 21.0. The molecule has 1 fully saturated rings. The topological polar surface area (TPSA) is 193 Å². The number of carbonyl (C=O) groups is 3. The van der Waals surface area contributed by atoms with Crippen LogP contribution in [0.15, 0.2) is 48.5 Å². The van der Waals surface area contributed by atoms with Gasteiger partial charge in [0.05, 0.1) is 38.4 Å². The number of carbonyl (C=O) groups excluding carboxylic acids is 3. The molecule has 0 aliphatic carbocycles. The van der Waals surface area contributed by atoms with Gasteiger partial charge in [0, 0.05) is 13.0 Å². The molecular weight excluding hydrogens is 583 g/mol. The van der Waals surface area contributed by atoms with Crippen molar-refractivity contribution in [3.63, 3.8) is 0 Å². The first-order valence-electron chi connectivity index (χ1n) is 13.5. The lowest BCUT2D eigenvalue weighted by Crippen LogP contribution is -2.68. The molecule has 2 aromatic carbocycles. The van der Waals surface area contributed by atoms with Gasteiger partial charge in [0.25, 0.3) is 5.79 Å². The quantitative estimate of drug-likeness (QED) is 0.112. The van der Waals surface area contributed by atoms with Gasteiger partial charge in [0.2, 0.25) is 11.8 Å². The van der Waals surface area contributed by atoms with Crippen molar-refractivity contribution in [3.8, 4) is 18.1 Å². The highest BCUT2D eigenvalue weighted by Crippen LogP contribution is 2.35. The van der Waals surface area contributed by atoms with E-state index >= 15 is 0 Å². The van der Waals surface area contributed by atoms with Crippen molar-refractivity contribution in [1.29, 1.82) is 0 Å². The molecular formula is C30H35FN2O11. The largest absolute Gasteiger partial charge is 0.481 e. The fraction of sp³-hybridized carbons (Fsp3) is 0.433. The lowest BCUT2D eigenvalue weighted by Gasteiger charge is -2.47. The minimum Gasteiger partial charge on any atom is -0.481 e. The Labute approximate surface area is 252 Å². The first kappa shape index (κ1) is 34.4. The monoisotopic (exact) mass is 618 g/mol. The molecule has 0 radical (unpaired) electrons. The van der Waals surface area contributed by atoms with Crippen molar-refractivity contribution >= 4 is 17.8 Å². The molecule has 14 heteroatoms. The molecule has 2 amide bonds. The Morgan fingerprint density at radius 3 is 2.52 bits per heavy atom. The Hall–Kier alpha value is -4.10. The number of nitrogens with one attached hydrogen (secondary N) is 2. The van der Waals surface area contributed by atoms with Crippen LogP contribution < -0.4 is 15.4 Å². The van der Waals surface area contributed by atoms with Gasteiger partial charge in [-0.2, -0.15) is 0 Å². The fourth-order valence-corrected chi connectivity index (χ4v) is 4.55. The molecule has 0 aromatic heterocycles. The molecule has 1 aliphatic heterocycles. The second-order valence-electron chi connectivity index (χ2n) is 9.94. The minimum atomic E-state index is -2.31. The van der Waals surface area contributed by atoms with Crippen LogP contribution >= 0.6 is 0 Å². The number of halogens is 1. The van der Waals surface area contributed by atoms with Crippen molar-refractivity contribution in [2.75, 3.05) is 26.9 Å². The standard InChI is InChI=1S/C30H35FN2O11/c1-3-11-42-21-9-7-18(8-10-21)17-43-30(29(40)41-2)14-22(35)26(33-25(38)16-34)28(44-30)27(39)23(36)15-32-24(37)13-19-5-4-6-20(31)12-19/h1,4-10,12,22-23,26-28,34-36,39H,11,13-17H2,2H3,(H,32,37)(H,33,38)/t22-,23+,26+,27+,28+,30+/m0/s1. The van der Waals surface area contributed by atoms with E-state index in [2.05, 4.69) is 16.6 Å². The number of ether oxygens (including phenoxy) is 4. The number of rotatable bonds is 14. The maximum Gasteiger partial charge on any atom is 0.366 e. The second-order valence-corrected chi connectivity index (χ2v) is 9.94. The summed E-state index contributed by atoms with van der Waals surface area (Å²) < 4.78 is 35.4.